The maximum atomic E-state index is 12.6. The van der Waals surface area contributed by atoms with Gasteiger partial charge < -0.3 is 14.4 Å². The Balaban J connectivity index is 1.64. The number of aromatic nitrogens is 4. The molecule has 3 rings (SSSR count). The predicted molar refractivity (Wildman–Crippen MR) is 99.1 cm³/mol. The molecule has 1 amide bonds. The lowest BCUT2D eigenvalue weighted by molar-refractivity contribution is 0.0699. The van der Waals surface area contributed by atoms with Gasteiger partial charge in [0.15, 0.2) is 5.16 Å². The molecule has 2 aromatic rings. The molecule has 1 aliphatic heterocycles. The van der Waals surface area contributed by atoms with Crippen LogP contribution < -0.4 is 4.90 Å². The molecule has 0 aromatic carbocycles. The highest BCUT2D eigenvalue weighted by Crippen LogP contribution is 2.23. The second-order valence-corrected chi connectivity index (χ2v) is 7.15. The van der Waals surface area contributed by atoms with E-state index in [0.717, 1.165) is 42.6 Å². The number of nitrogens with zero attached hydrogens (tertiary/aromatic N) is 6. The molecular formula is C17H24N6OS. The average Bonchev–Trinajstić information content (AvgIpc) is 3.06. The lowest BCUT2D eigenvalue weighted by atomic mass is 10.0. The minimum absolute atomic E-state index is 0.0287. The summed E-state index contributed by atoms with van der Waals surface area (Å²) in [6.45, 7) is 3.77. The van der Waals surface area contributed by atoms with Crippen molar-refractivity contribution < 1.29 is 4.79 Å². The molecule has 0 radical (unpaired) electrons. The van der Waals surface area contributed by atoms with Crippen molar-refractivity contribution in [2.75, 3.05) is 31.3 Å². The third kappa shape index (κ3) is 3.78. The standard InChI is InChI=1S/C17H24N6OS/c1-12-9-15(20-17(19-12)25-4)23-7-5-13(6-8-23)22(3)16(24)14-10-18-11-21(14)2/h9-11,13H,5-8H2,1-4H3. The van der Waals surface area contributed by atoms with Crippen LogP contribution in [0.3, 0.4) is 0 Å². The van der Waals surface area contributed by atoms with Crippen molar-refractivity contribution in [3.63, 3.8) is 0 Å². The van der Waals surface area contributed by atoms with Crippen LogP contribution in [0.2, 0.25) is 0 Å². The fourth-order valence-electron chi connectivity index (χ4n) is 3.17. The number of thioether (sulfide) groups is 1. The molecule has 0 spiro atoms. The first-order valence-electron chi connectivity index (χ1n) is 8.37. The van der Waals surface area contributed by atoms with Crippen LogP contribution in [0.5, 0.6) is 0 Å². The van der Waals surface area contributed by atoms with E-state index in [-0.39, 0.29) is 11.9 Å². The molecule has 1 saturated heterocycles. The number of carbonyl (C=O) groups is 1. The number of anilines is 1. The maximum absolute atomic E-state index is 12.6. The summed E-state index contributed by atoms with van der Waals surface area (Å²) >= 11 is 1.56. The Morgan fingerprint density at radius 2 is 2.04 bits per heavy atom. The van der Waals surface area contributed by atoms with Gasteiger partial charge in [0.1, 0.15) is 11.5 Å². The summed E-state index contributed by atoms with van der Waals surface area (Å²) in [7, 11) is 3.73. The molecular weight excluding hydrogens is 336 g/mol. The largest absolute Gasteiger partial charge is 0.356 e. The zero-order valence-corrected chi connectivity index (χ0v) is 16.0. The lowest BCUT2D eigenvalue weighted by Crippen LogP contribution is -2.46. The van der Waals surface area contributed by atoms with Gasteiger partial charge in [0, 0.05) is 45.0 Å². The van der Waals surface area contributed by atoms with E-state index in [4.69, 9.17) is 0 Å². The van der Waals surface area contributed by atoms with Crippen molar-refractivity contribution in [1.29, 1.82) is 0 Å². The number of amides is 1. The van der Waals surface area contributed by atoms with Crippen LogP contribution >= 0.6 is 11.8 Å². The first kappa shape index (κ1) is 17.7. The van der Waals surface area contributed by atoms with Gasteiger partial charge in [0.25, 0.3) is 5.91 Å². The summed E-state index contributed by atoms with van der Waals surface area (Å²) in [5.41, 5.74) is 1.61. The molecule has 2 aromatic heterocycles. The fraction of sp³-hybridized carbons (Fsp3) is 0.529. The maximum Gasteiger partial charge on any atom is 0.272 e. The average molecular weight is 360 g/mol. The molecule has 0 N–H and O–H groups in total. The van der Waals surface area contributed by atoms with Crippen molar-refractivity contribution in [1.82, 2.24) is 24.4 Å². The lowest BCUT2D eigenvalue weighted by Gasteiger charge is -2.37. The minimum Gasteiger partial charge on any atom is -0.356 e. The van der Waals surface area contributed by atoms with Crippen LogP contribution in [0, 0.1) is 6.92 Å². The minimum atomic E-state index is 0.0287. The Bertz CT molecular complexity index is 753. The van der Waals surface area contributed by atoms with E-state index in [2.05, 4.69) is 19.9 Å². The van der Waals surface area contributed by atoms with E-state index < -0.39 is 0 Å². The number of piperidine rings is 1. The summed E-state index contributed by atoms with van der Waals surface area (Å²) in [6.07, 6.45) is 7.13. The number of rotatable bonds is 4. The summed E-state index contributed by atoms with van der Waals surface area (Å²) < 4.78 is 1.77. The third-order valence-electron chi connectivity index (χ3n) is 4.70. The number of carbonyl (C=O) groups excluding carboxylic acids is 1. The number of aryl methyl sites for hydroxylation is 2. The monoisotopic (exact) mass is 360 g/mol. The van der Waals surface area contributed by atoms with E-state index in [1.807, 2.05) is 38.2 Å². The second kappa shape index (κ2) is 7.43. The van der Waals surface area contributed by atoms with Gasteiger partial charge in [-0.2, -0.15) is 0 Å². The SMILES string of the molecule is CSc1nc(C)cc(N2CCC(N(C)C(=O)c3cncn3C)CC2)n1. The van der Waals surface area contributed by atoms with Crippen LogP contribution in [-0.2, 0) is 7.05 Å². The summed E-state index contributed by atoms with van der Waals surface area (Å²) in [4.78, 5) is 29.8. The molecule has 7 nitrogen and oxygen atoms in total. The van der Waals surface area contributed by atoms with Crippen molar-refractivity contribution in [3.8, 4) is 0 Å². The van der Waals surface area contributed by atoms with Gasteiger partial charge in [-0.15, -0.1) is 0 Å². The number of hydrogen-bond donors (Lipinski definition) is 0. The second-order valence-electron chi connectivity index (χ2n) is 6.38. The van der Waals surface area contributed by atoms with Crippen molar-refractivity contribution in [2.24, 2.45) is 7.05 Å². The first-order valence-corrected chi connectivity index (χ1v) is 9.60. The Labute approximate surface area is 152 Å². The first-order chi connectivity index (χ1) is 12.0. The van der Waals surface area contributed by atoms with Gasteiger partial charge in [0.2, 0.25) is 0 Å². The highest BCUT2D eigenvalue weighted by molar-refractivity contribution is 7.98. The zero-order chi connectivity index (χ0) is 18.0. The van der Waals surface area contributed by atoms with Crippen LogP contribution in [0.25, 0.3) is 0 Å². The molecule has 0 bridgehead atoms. The van der Waals surface area contributed by atoms with Crippen molar-refractivity contribution in [3.05, 3.63) is 30.0 Å². The highest BCUT2D eigenvalue weighted by atomic mass is 32.2. The molecule has 8 heteroatoms. The quantitative estimate of drug-likeness (QED) is 0.613. The third-order valence-corrected chi connectivity index (χ3v) is 5.24. The molecule has 1 aliphatic rings. The Kier molecular flexibility index (Phi) is 5.27. The van der Waals surface area contributed by atoms with E-state index in [0.29, 0.717) is 5.69 Å². The summed E-state index contributed by atoms with van der Waals surface area (Å²) in [6, 6.07) is 2.27. The van der Waals surface area contributed by atoms with Crippen LogP contribution in [0.15, 0.2) is 23.7 Å². The highest BCUT2D eigenvalue weighted by Gasteiger charge is 2.27. The van der Waals surface area contributed by atoms with E-state index in [9.17, 15) is 4.79 Å². The molecule has 0 atom stereocenters. The Morgan fingerprint density at radius 1 is 1.32 bits per heavy atom. The van der Waals surface area contributed by atoms with Gasteiger partial charge in [-0.3, -0.25) is 4.79 Å². The van der Waals surface area contributed by atoms with Gasteiger partial charge in [-0.05, 0) is 26.0 Å². The van der Waals surface area contributed by atoms with Gasteiger partial charge in [-0.25, -0.2) is 15.0 Å². The molecule has 134 valence electrons. The van der Waals surface area contributed by atoms with Crippen molar-refractivity contribution in [2.45, 2.75) is 31.0 Å². The van der Waals surface area contributed by atoms with E-state index in [1.54, 1.807) is 28.9 Å². The Morgan fingerprint density at radius 3 is 2.64 bits per heavy atom. The molecule has 25 heavy (non-hydrogen) atoms. The molecule has 3 heterocycles. The predicted octanol–water partition coefficient (Wildman–Crippen LogP) is 1.98. The van der Waals surface area contributed by atoms with Crippen LogP contribution in [-0.4, -0.2) is 62.8 Å². The number of imidazole rings is 1. The van der Waals surface area contributed by atoms with Crippen LogP contribution in [0.1, 0.15) is 29.0 Å². The normalized spacial score (nSPS) is 15.4. The van der Waals surface area contributed by atoms with Gasteiger partial charge >= 0.3 is 0 Å². The van der Waals surface area contributed by atoms with Crippen molar-refractivity contribution >= 4 is 23.5 Å². The van der Waals surface area contributed by atoms with E-state index >= 15 is 0 Å². The smallest absolute Gasteiger partial charge is 0.272 e. The summed E-state index contributed by atoms with van der Waals surface area (Å²) in [5, 5.41) is 0.806. The Hall–Kier alpha value is -2.09. The van der Waals surface area contributed by atoms with E-state index in [1.165, 1.54) is 0 Å². The fourth-order valence-corrected chi connectivity index (χ4v) is 3.59. The summed E-state index contributed by atoms with van der Waals surface area (Å²) in [5.74, 6) is 1.01. The van der Waals surface area contributed by atoms with Gasteiger partial charge in [0.05, 0.1) is 12.5 Å². The van der Waals surface area contributed by atoms with Gasteiger partial charge in [-0.1, -0.05) is 11.8 Å². The molecule has 0 saturated carbocycles. The molecule has 0 unspecified atom stereocenters. The zero-order valence-electron chi connectivity index (χ0n) is 15.1. The van der Waals surface area contributed by atoms with Crippen LogP contribution in [0.4, 0.5) is 5.82 Å². The topological polar surface area (TPSA) is 67.2 Å². The molecule has 0 aliphatic carbocycles. The molecule has 1 fully saturated rings. The number of hydrogen-bond acceptors (Lipinski definition) is 6.